The standard InChI is InChI=1S/C20H33NO4S/c1-3-5-6-7-8-9-16-26(23,24)21-15-14-18-10-12-19(13-11-18)17-20(22)25-4-2/h10-13,21H,3-9,14-17H2,1-2H3. The Morgan fingerprint density at radius 3 is 2.23 bits per heavy atom. The van der Waals surface area contributed by atoms with Crippen LogP contribution in [0.5, 0.6) is 0 Å². The number of carbonyl (C=O) groups is 1. The highest BCUT2D eigenvalue weighted by molar-refractivity contribution is 7.89. The number of rotatable bonds is 14. The minimum absolute atomic E-state index is 0.206. The van der Waals surface area contributed by atoms with Crippen molar-refractivity contribution in [2.45, 2.75) is 65.2 Å². The molecule has 1 N–H and O–H groups in total. The Morgan fingerprint density at radius 2 is 1.58 bits per heavy atom. The first-order valence-electron chi connectivity index (χ1n) is 9.67. The van der Waals surface area contributed by atoms with Gasteiger partial charge in [-0.05, 0) is 30.9 Å². The Bertz CT molecular complexity index is 611. The molecule has 0 fully saturated rings. The average molecular weight is 384 g/mol. The van der Waals surface area contributed by atoms with Gasteiger partial charge in [-0.2, -0.15) is 0 Å². The fourth-order valence-electron chi connectivity index (χ4n) is 2.70. The third-order valence-electron chi connectivity index (χ3n) is 4.18. The molecule has 0 saturated heterocycles. The molecule has 0 spiro atoms. The van der Waals surface area contributed by atoms with Crippen LogP contribution in [-0.4, -0.2) is 33.3 Å². The number of nitrogens with one attached hydrogen (secondary N) is 1. The van der Waals surface area contributed by atoms with Gasteiger partial charge in [-0.3, -0.25) is 4.79 Å². The molecule has 1 aromatic rings. The third-order valence-corrected chi connectivity index (χ3v) is 5.65. The zero-order chi connectivity index (χ0) is 19.3. The van der Waals surface area contributed by atoms with Gasteiger partial charge >= 0.3 is 5.97 Å². The molecule has 0 heterocycles. The van der Waals surface area contributed by atoms with Gasteiger partial charge in [-0.1, -0.05) is 63.3 Å². The van der Waals surface area contributed by atoms with Crippen LogP contribution in [0.3, 0.4) is 0 Å². The summed E-state index contributed by atoms with van der Waals surface area (Å²) < 4.78 is 31.6. The molecule has 0 aliphatic heterocycles. The van der Waals surface area contributed by atoms with Crippen LogP contribution in [0.1, 0.15) is 63.5 Å². The van der Waals surface area contributed by atoms with Crippen molar-refractivity contribution in [1.82, 2.24) is 4.72 Å². The van der Waals surface area contributed by atoms with E-state index in [-0.39, 0.29) is 18.1 Å². The molecule has 0 aliphatic carbocycles. The Hall–Kier alpha value is -1.40. The first-order valence-corrected chi connectivity index (χ1v) is 11.3. The van der Waals surface area contributed by atoms with E-state index in [2.05, 4.69) is 11.6 Å². The maximum atomic E-state index is 12.0. The van der Waals surface area contributed by atoms with Crippen LogP contribution in [0.25, 0.3) is 0 Å². The van der Waals surface area contributed by atoms with E-state index in [1.807, 2.05) is 24.3 Å². The summed E-state index contributed by atoms with van der Waals surface area (Å²) in [7, 11) is -3.19. The lowest BCUT2D eigenvalue weighted by molar-refractivity contribution is -0.142. The molecule has 1 aromatic carbocycles. The number of esters is 1. The molecular formula is C20H33NO4S. The van der Waals surface area contributed by atoms with E-state index >= 15 is 0 Å². The molecule has 0 aromatic heterocycles. The first-order chi connectivity index (χ1) is 12.5. The number of ether oxygens (including phenoxy) is 1. The van der Waals surface area contributed by atoms with E-state index in [0.29, 0.717) is 19.6 Å². The second kappa shape index (κ2) is 12.9. The molecule has 0 bridgehead atoms. The van der Waals surface area contributed by atoms with Gasteiger partial charge in [0.05, 0.1) is 18.8 Å². The van der Waals surface area contributed by atoms with Gasteiger partial charge in [-0.15, -0.1) is 0 Å². The summed E-state index contributed by atoms with van der Waals surface area (Å²) in [5.74, 6) is -0.0277. The fraction of sp³-hybridized carbons (Fsp3) is 0.650. The van der Waals surface area contributed by atoms with Crippen LogP contribution >= 0.6 is 0 Å². The summed E-state index contributed by atoms with van der Waals surface area (Å²) in [4.78, 5) is 11.4. The summed E-state index contributed by atoms with van der Waals surface area (Å²) in [6.07, 6.45) is 7.32. The fourth-order valence-corrected chi connectivity index (χ4v) is 3.84. The number of sulfonamides is 1. The molecule has 0 unspecified atom stereocenters. The Kier molecular flexibility index (Phi) is 11.2. The highest BCUT2D eigenvalue weighted by Gasteiger charge is 2.09. The Morgan fingerprint density at radius 1 is 0.962 bits per heavy atom. The van der Waals surface area contributed by atoms with E-state index in [9.17, 15) is 13.2 Å². The summed E-state index contributed by atoms with van der Waals surface area (Å²) >= 11 is 0. The second-order valence-electron chi connectivity index (χ2n) is 6.53. The maximum absolute atomic E-state index is 12.0. The van der Waals surface area contributed by atoms with Crippen LogP contribution in [0, 0.1) is 0 Å². The van der Waals surface area contributed by atoms with Crippen molar-refractivity contribution in [2.75, 3.05) is 18.9 Å². The van der Waals surface area contributed by atoms with Crippen LogP contribution in [-0.2, 0) is 32.4 Å². The lowest BCUT2D eigenvalue weighted by Crippen LogP contribution is -2.28. The van der Waals surface area contributed by atoms with E-state index in [1.165, 1.54) is 19.3 Å². The van der Waals surface area contributed by atoms with Gasteiger partial charge in [0, 0.05) is 6.54 Å². The minimum Gasteiger partial charge on any atom is -0.466 e. The number of hydrogen-bond acceptors (Lipinski definition) is 4. The SMILES string of the molecule is CCCCCCCCS(=O)(=O)NCCc1ccc(CC(=O)OCC)cc1. The van der Waals surface area contributed by atoms with Gasteiger partial charge in [0.25, 0.3) is 0 Å². The molecule has 148 valence electrons. The van der Waals surface area contributed by atoms with Crippen molar-refractivity contribution in [1.29, 1.82) is 0 Å². The molecule has 0 radical (unpaired) electrons. The zero-order valence-electron chi connectivity index (χ0n) is 16.1. The monoisotopic (exact) mass is 383 g/mol. The van der Waals surface area contributed by atoms with Crippen LogP contribution < -0.4 is 4.72 Å². The van der Waals surface area contributed by atoms with Crippen molar-refractivity contribution in [3.05, 3.63) is 35.4 Å². The van der Waals surface area contributed by atoms with Gasteiger partial charge in [0.15, 0.2) is 0 Å². The van der Waals surface area contributed by atoms with Gasteiger partial charge in [-0.25, -0.2) is 13.1 Å². The molecule has 26 heavy (non-hydrogen) atoms. The number of benzene rings is 1. The summed E-state index contributed by atoms with van der Waals surface area (Å²) in [5, 5.41) is 0. The second-order valence-corrected chi connectivity index (χ2v) is 8.46. The zero-order valence-corrected chi connectivity index (χ0v) is 16.9. The van der Waals surface area contributed by atoms with Gasteiger partial charge in [0.2, 0.25) is 10.0 Å². The topological polar surface area (TPSA) is 72.5 Å². The predicted octanol–water partition coefficient (Wildman–Crippen LogP) is 3.61. The van der Waals surface area contributed by atoms with E-state index in [1.54, 1.807) is 6.92 Å². The highest BCUT2D eigenvalue weighted by Crippen LogP contribution is 2.08. The van der Waals surface area contributed by atoms with Gasteiger partial charge < -0.3 is 4.74 Å². The quantitative estimate of drug-likeness (QED) is 0.393. The van der Waals surface area contributed by atoms with Crippen molar-refractivity contribution >= 4 is 16.0 Å². The summed E-state index contributed by atoms with van der Waals surface area (Å²) in [6, 6.07) is 7.63. The molecule has 0 amide bonds. The average Bonchev–Trinajstić information content (AvgIpc) is 2.59. The van der Waals surface area contributed by atoms with Gasteiger partial charge in [0.1, 0.15) is 0 Å². The predicted molar refractivity (Wildman–Crippen MR) is 106 cm³/mol. The van der Waals surface area contributed by atoms with Crippen LogP contribution in [0.15, 0.2) is 24.3 Å². The molecule has 0 aliphatic rings. The van der Waals surface area contributed by atoms with Crippen molar-refractivity contribution in [3.8, 4) is 0 Å². The highest BCUT2D eigenvalue weighted by atomic mass is 32.2. The minimum atomic E-state index is -3.19. The van der Waals surface area contributed by atoms with E-state index < -0.39 is 10.0 Å². The summed E-state index contributed by atoms with van der Waals surface area (Å²) in [5.41, 5.74) is 1.94. The molecule has 1 rings (SSSR count). The summed E-state index contributed by atoms with van der Waals surface area (Å²) in [6.45, 7) is 4.74. The molecule has 0 atom stereocenters. The van der Waals surface area contributed by atoms with Crippen molar-refractivity contribution in [2.24, 2.45) is 0 Å². The van der Waals surface area contributed by atoms with Crippen molar-refractivity contribution < 1.29 is 17.9 Å². The largest absolute Gasteiger partial charge is 0.466 e. The molecule has 0 saturated carbocycles. The number of hydrogen-bond donors (Lipinski definition) is 1. The molecular weight excluding hydrogens is 350 g/mol. The third kappa shape index (κ3) is 10.6. The van der Waals surface area contributed by atoms with E-state index in [0.717, 1.165) is 30.4 Å². The van der Waals surface area contributed by atoms with Crippen LogP contribution in [0.4, 0.5) is 0 Å². The molecule has 6 heteroatoms. The smallest absolute Gasteiger partial charge is 0.310 e. The lowest BCUT2D eigenvalue weighted by atomic mass is 10.1. The number of carbonyl (C=O) groups excluding carboxylic acids is 1. The first kappa shape index (κ1) is 22.6. The Labute approximate surface area is 158 Å². The van der Waals surface area contributed by atoms with E-state index in [4.69, 9.17) is 4.74 Å². The number of unbranched alkanes of at least 4 members (excludes halogenated alkanes) is 5. The van der Waals surface area contributed by atoms with Crippen LogP contribution in [0.2, 0.25) is 0 Å². The normalized spacial score (nSPS) is 11.5. The molecule has 5 nitrogen and oxygen atoms in total. The Balaban J connectivity index is 2.25. The maximum Gasteiger partial charge on any atom is 0.310 e. The van der Waals surface area contributed by atoms with Crippen molar-refractivity contribution in [3.63, 3.8) is 0 Å². The lowest BCUT2D eigenvalue weighted by Gasteiger charge is -2.08.